The molecule has 0 amide bonds. The van der Waals surface area contributed by atoms with Gasteiger partial charge in [-0.05, 0) is 25.5 Å². The molecule has 1 aliphatic heterocycles. The predicted molar refractivity (Wildman–Crippen MR) is 77.9 cm³/mol. The second kappa shape index (κ2) is 5.84. The summed E-state index contributed by atoms with van der Waals surface area (Å²) in [5.74, 6) is -0.337. The summed E-state index contributed by atoms with van der Waals surface area (Å²) in [7, 11) is 1.39. The van der Waals surface area contributed by atoms with Crippen molar-refractivity contribution in [1.29, 1.82) is 0 Å². The average Bonchev–Trinajstić information content (AvgIpc) is 2.76. The summed E-state index contributed by atoms with van der Waals surface area (Å²) in [6.07, 6.45) is 5.70. The van der Waals surface area contributed by atoms with E-state index in [-0.39, 0.29) is 5.97 Å². The molecule has 1 fully saturated rings. The first-order valence-electron chi connectivity index (χ1n) is 5.98. The number of rotatable bonds is 3. The Labute approximate surface area is 115 Å². The largest absolute Gasteiger partial charge is 0.465 e. The third-order valence-electron chi connectivity index (χ3n) is 3.10. The first-order chi connectivity index (χ1) is 8.69. The molecule has 2 N–H and O–H groups in total. The highest BCUT2D eigenvalue weighted by molar-refractivity contribution is 7.99. The maximum Gasteiger partial charge on any atom is 0.350 e. The molecule has 0 atom stereocenters. The van der Waals surface area contributed by atoms with Crippen molar-refractivity contribution in [3.8, 4) is 0 Å². The first kappa shape index (κ1) is 13.5. The lowest BCUT2D eigenvalue weighted by Gasteiger charge is -2.28. The van der Waals surface area contributed by atoms with Crippen LogP contribution in [0, 0.1) is 0 Å². The van der Waals surface area contributed by atoms with Crippen LogP contribution in [0.3, 0.4) is 0 Å². The molecule has 0 unspecified atom stereocenters. The Kier molecular flexibility index (Phi) is 4.40. The zero-order valence-corrected chi connectivity index (χ0v) is 12.3. The Balaban J connectivity index is 2.36. The van der Waals surface area contributed by atoms with E-state index in [2.05, 4.69) is 4.90 Å². The molecule has 18 heavy (non-hydrogen) atoms. The Morgan fingerprint density at radius 1 is 1.39 bits per heavy atom. The number of nitrogens with two attached hydrogens (primary N) is 1. The van der Waals surface area contributed by atoms with E-state index in [9.17, 15) is 4.79 Å². The normalized spacial score (nSPS) is 15.8. The van der Waals surface area contributed by atoms with E-state index in [1.807, 2.05) is 6.26 Å². The molecule has 6 heteroatoms. The molecule has 0 spiro atoms. The highest BCUT2D eigenvalue weighted by Crippen LogP contribution is 2.44. The van der Waals surface area contributed by atoms with Crippen LogP contribution in [0.4, 0.5) is 10.7 Å². The number of piperidine rings is 1. The van der Waals surface area contributed by atoms with Gasteiger partial charge in [0.15, 0.2) is 0 Å². The molecule has 0 aliphatic carbocycles. The smallest absolute Gasteiger partial charge is 0.350 e. The topological polar surface area (TPSA) is 55.6 Å². The van der Waals surface area contributed by atoms with Gasteiger partial charge in [-0.2, -0.15) is 0 Å². The van der Waals surface area contributed by atoms with Crippen LogP contribution in [0.5, 0.6) is 0 Å². The van der Waals surface area contributed by atoms with Crippen molar-refractivity contribution in [2.75, 3.05) is 37.1 Å². The molecule has 0 saturated carbocycles. The van der Waals surface area contributed by atoms with Gasteiger partial charge in [-0.3, -0.25) is 0 Å². The minimum atomic E-state index is -0.337. The van der Waals surface area contributed by atoms with Crippen LogP contribution in [-0.2, 0) is 4.74 Å². The van der Waals surface area contributed by atoms with E-state index < -0.39 is 0 Å². The standard InChI is InChI=1S/C12H18N2O2S2/c1-16-12(15)10-8(13)9(17-2)11(18-10)14-6-4-3-5-7-14/h3-7,13H2,1-2H3. The van der Waals surface area contributed by atoms with Crippen LogP contribution in [0.1, 0.15) is 28.9 Å². The summed E-state index contributed by atoms with van der Waals surface area (Å²) in [6.45, 7) is 2.10. The molecule has 1 aromatic rings. The van der Waals surface area contributed by atoms with Gasteiger partial charge in [0.2, 0.25) is 0 Å². The molecule has 2 heterocycles. The lowest BCUT2D eigenvalue weighted by molar-refractivity contribution is 0.0607. The second-order valence-corrected chi connectivity index (χ2v) is 6.04. The maximum atomic E-state index is 11.7. The van der Waals surface area contributed by atoms with Crippen molar-refractivity contribution in [2.24, 2.45) is 0 Å². The van der Waals surface area contributed by atoms with Crippen molar-refractivity contribution < 1.29 is 9.53 Å². The van der Waals surface area contributed by atoms with Crippen LogP contribution >= 0.6 is 23.1 Å². The molecule has 4 nitrogen and oxygen atoms in total. The van der Waals surface area contributed by atoms with Gasteiger partial charge in [0.1, 0.15) is 9.88 Å². The number of carbonyl (C=O) groups is 1. The average molecular weight is 286 g/mol. The second-order valence-electron chi connectivity index (χ2n) is 4.22. The maximum absolute atomic E-state index is 11.7. The van der Waals surface area contributed by atoms with Crippen molar-refractivity contribution in [3.05, 3.63) is 4.88 Å². The van der Waals surface area contributed by atoms with Gasteiger partial charge in [-0.1, -0.05) is 0 Å². The van der Waals surface area contributed by atoms with Crippen LogP contribution < -0.4 is 10.6 Å². The minimum Gasteiger partial charge on any atom is -0.465 e. The summed E-state index contributed by atoms with van der Waals surface area (Å²) in [5.41, 5.74) is 6.63. The van der Waals surface area contributed by atoms with Crippen LogP contribution in [0.25, 0.3) is 0 Å². The van der Waals surface area contributed by atoms with E-state index in [1.54, 1.807) is 11.8 Å². The molecular weight excluding hydrogens is 268 g/mol. The molecule has 0 radical (unpaired) electrons. The van der Waals surface area contributed by atoms with Gasteiger partial charge in [-0.25, -0.2) is 4.79 Å². The Morgan fingerprint density at radius 2 is 2.06 bits per heavy atom. The third kappa shape index (κ3) is 2.44. The molecule has 0 aromatic carbocycles. The monoisotopic (exact) mass is 286 g/mol. The number of anilines is 2. The zero-order valence-electron chi connectivity index (χ0n) is 10.7. The van der Waals surface area contributed by atoms with Gasteiger partial charge < -0.3 is 15.4 Å². The SMILES string of the molecule is COC(=O)c1sc(N2CCCCC2)c(SC)c1N. The van der Waals surface area contributed by atoms with Gasteiger partial charge in [-0.15, -0.1) is 23.1 Å². The number of hydrogen-bond acceptors (Lipinski definition) is 6. The summed E-state index contributed by atoms with van der Waals surface area (Å²) >= 11 is 3.06. The number of nitrogen functional groups attached to an aromatic ring is 1. The number of esters is 1. The quantitative estimate of drug-likeness (QED) is 0.684. The van der Waals surface area contributed by atoms with Crippen LogP contribution in [0.15, 0.2) is 4.90 Å². The lowest BCUT2D eigenvalue weighted by atomic mass is 10.1. The number of nitrogens with zero attached hydrogens (tertiary/aromatic N) is 1. The molecule has 2 rings (SSSR count). The number of hydrogen-bond donors (Lipinski definition) is 1. The van der Waals surface area contributed by atoms with E-state index in [0.29, 0.717) is 10.6 Å². The number of thiophene rings is 1. The highest BCUT2D eigenvalue weighted by Gasteiger charge is 2.25. The lowest BCUT2D eigenvalue weighted by Crippen LogP contribution is -2.28. The van der Waals surface area contributed by atoms with E-state index in [1.165, 1.54) is 37.7 Å². The molecule has 1 aromatic heterocycles. The number of carbonyl (C=O) groups excluding carboxylic acids is 1. The Hall–Kier alpha value is -0.880. The molecule has 0 bridgehead atoms. The zero-order chi connectivity index (χ0) is 13.1. The van der Waals surface area contributed by atoms with E-state index >= 15 is 0 Å². The predicted octanol–water partition coefficient (Wildman–Crippen LogP) is 2.83. The highest BCUT2D eigenvalue weighted by atomic mass is 32.2. The van der Waals surface area contributed by atoms with Gasteiger partial charge in [0.05, 0.1) is 17.7 Å². The fraction of sp³-hybridized carbons (Fsp3) is 0.583. The minimum absolute atomic E-state index is 0.337. The summed E-state index contributed by atoms with van der Waals surface area (Å²) in [5, 5.41) is 1.13. The van der Waals surface area contributed by atoms with Gasteiger partial charge in [0.25, 0.3) is 0 Å². The number of methoxy groups -OCH3 is 1. The third-order valence-corrected chi connectivity index (χ3v) is 5.30. The van der Waals surface area contributed by atoms with Crippen molar-refractivity contribution >= 4 is 39.8 Å². The van der Waals surface area contributed by atoms with Gasteiger partial charge in [0, 0.05) is 13.1 Å². The van der Waals surface area contributed by atoms with Crippen LogP contribution in [0.2, 0.25) is 0 Å². The van der Waals surface area contributed by atoms with E-state index in [0.717, 1.165) is 23.0 Å². The molecule has 100 valence electrons. The summed E-state index contributed by atoms with van der Waals surface area (Å²) in [6, 6.07) is 0. The fourth-order valence-corrected chi connectivity index (χ4v) is 4.31. The van der Waals surface area contributed by atoms with E-state index in [4.69, 9.17) is 10.5 Å². The number of thioether (sulfide) groups is 1. The summed E-state index contributed by atoms with van der Waals surface area (Å²) in [4.78, 5) is 15.6. The molecular formula is C12H18N2O2S2. The number of ether oxygens (including phenoxy) is 1. The molecule has 1 saturated heterocycles. The Bertz CT molecular complexity index is 440. The van der Waals surface area contributed by atoms with Gasteiger partial charge >= 0.3 is 5.97 Å². The fourth-order valence-electron chi connectivity index (χ4n) is 2.16. The van der Waals surface area contributed by atoms with Crippen molar-refractivity contribution in [2.45, 2.75) is 24.2 Å². The molecule has 1 aliphatic rings. The van der Waals surface area contributed by atoms with Crippen LogP contribution in [-0.4, -0.2) is 32.4 Å². The first-order valence-corrected chi connectivity index (χ1v) is 8.02. The van der Waals surface area contributed by atoms with Crippen molar-refractivity contribution in [3.63, 3.8) is 0 Å². The van der Waals surface area contributed by atoms with Crippen molar-refractivity contribution in [1.82, 2.24) is 0 Å². The Morgan fingerprint density at radius 3 is 2.61 bits per heavy atom. The summed E-state index contributed by atoms with van der Waals surface area (Å²) < 4.78 is 4.78.